The molecule has 0 aliphatic heterocycles. The normalized spacial score (nSPS) is 13.3. The summed E-state index contributed by atoms with van der Waals surface area (Å²) in [7, 11) is 0. The van der Waals surface area contributed by atoms with Crippen LogP contribution in [0.1, 0.15) is 42.6 Å². The zero-order valence-corrected chi connectivity index (χ0v) is 15.0. The van der Waals surface area contributed by atoms with Crippen molar-refractivity contribution >= 4 is 17.8 Å². The smallest absolute Gasteiger partial charge is 0.326 e. The van der Waals surface area contributed by atoms with Crippen molar-refractivity contribution in [2.75, 3.05) is 0 Å². The van der Waals surface area contributed by atoms with Crippen molar-refractivity contribution < 1.29 is 28.3 Å². The van der Waals surface area contributed by atoms with Crippen molar-refractivity contribution in [3.8, 4) is 0 Å². The molecule has 2 amide bonds. The number of aryl methyl sites for hydroxylation is 1. The fraction of sp³-hybridized carbons (Fsp3) is 0.500. The molecule has 26 heavy (non-hydrogen) atoms. The number of hydrogen-bond acceptors (Lipinski definition) is 3. The Hall–Kier alpha value is -2.51. The zero-order chi connectivity index (χ0) is 19.9. The molecule has 2 unspecified atom stereocenters. The summed E-state index contributed by atoms with van der Waals surface area (Å²) in [6, 6.07) is 4.06. The van der Waals surface area contributed by atoms with Gasteiger partial charge in [-0.3, -0.25) is 9.59 Å². The first-order chi connectivity index (χ1) is 12.1. The molecule has 1 aromatic rings. The molecule has 1 rings (SSSR count). The summed E-state index contributed by atoms with van der Waals surface area (Å²) in [6.07, 6.45) is -3.63. The summed E-state index contributed by atoms with van der Waals surface area (Å²) in [6.45, 7) is 5.40. The van der Waals surface area contributed by atoms with Crippen molar-refractivity contribution in [3.63, 3.8) is 0 Å². The minimum absolute atomic E-state index is 0.0151. The zero-order valence-electron chi connectivity index (χ0n) is 15.0. The molecule has 0 heterocycles. The van der Waals surface area contributed by atoms with Crippen LogP contribution in [0.25, 0.3) is 0 Å². The quantitative estimate of drug-likeness (QED) is 0.622. The molecule has 0 saturated heterocycles. The summed E-state index contributed by atoms with van der Waals surface area (Å²) in [5.74, 6) is -2.81. The number of carbonyl (C=O) groups is 3. The van der Waals surface area contributed by atoms with E-state index in [4.69, 9.17) is 5.11 Å². The average molecular weight is 370 g/mol. The highest BCUT2D eigenvalue weighted by molar-refractivity contribution is 5.99. The van der Waals surface area contributed by atoms with E-state index in [1.807, 2.05) is 13.8 Å². The number of carbonyl (C=O) groups excluding carboxylic acids is 2. The maximum atomic E-state index is 12.5. The molecule has 144 valence electrons. The molecule has 0 bridgehead atoms. The fourth-order valence-electron chi connectivity index (χ4n) is 2.44. The number of carboxylic acid groups (broad SMARTS) is 1. The van der Waals surface area contributed by atoms with Crippen molar-refractivity contribution in [2.45, 2.75) is 52.1 Å². The number of alkyl halides is 2. The molecule has 2 atom stereocenters. The molecule has 1 aromatic carbocycles. The number of nitrogens with one attached hydrogen (secondary N) is 2. The van der Waals surface area contributed by atoms with Crippen molar-refractivity contribution in [3.05, 3.63) is 35.4 Å². The van der Waals surface area contributed by atoms with E-state index in [2.05, 4.69) is 10.6 Å². The average Bonchev–Trinajstić information content (AvgIpc) is 2.52. The van der Waals surface area contributed by atoms with Gasteiger partial charge in [0.05, 0.1) is 0 Å². The topological polar surface area (TPSA) is 95.5 Å². The van der Waals surface area contributed by atoms with Gasteiger partial charge in [-0.05, 0) is 30.9 Å². The summed E-state index contributed by atoms with van der Waals surface area (Å²) in [4.78, 5) is 35.9. The molecule has 6 nitrogen and oxygen atoms in total. The number of rotatable bonds is 9. The van der Waals surface area contributed by atoms with Crippen LogP contribution in [0.4, 0.5) is 8.78 Å². The number of aliphatic carboxylic acids is 1. The Morgan fingerprint density at radius 1 is 1.04 bits per heavy atom. The van der Waals surface area contributed by atoms with E-state index in [9.17, 15) is 23.2 Å². The van der Waals surface area contributed by atoms with Crippen LogP contribution in [-0.4, -0.2) is 41.4 Å². The maximum absolute atomic E-state index is 12.5. The van der Waals surface area contributed by atoms with E-state index < -0.39 is 42.7 Å². The summed E-state index contributed by atoms with van der Waals surface area (Å²) >= 11 is 0. The van der Waals surface area contributed by atoms with Gasteiger partial charge in [0.15, 0.2) is 0 Å². The van der Waals surface area contributed by atoms with Gasteiger partial charge in [0.1, 0.15) is 12.1 Å². The van der Waals surface area contributed by atoms with Crippen LogP contribution < -0.4 is 10.6 Å². The first-order valence-electron chi connectivity index (χ1n) is 8.29. The van der Waals surface area contributed by atoms with Crippen LogP contribution >= 0.6 is 0 Å². The summed E-state index contributed by atoms with van der Waals surface area (Å²) in [5.41, 5.74) is 1.10. The molecule has 0 spiro atoms. The number of carboxylic acids is 1. The molecule has 0 aromatic heterocycles. The third kappa shape index (κ3) is 6.78. The third-order valence-corrected chi connectivity index (χ3v) is 3.75. The highest BCUT2D eigenvalue weighted by Crippen LogP contribution is 2.11. The lowest BCUT2D eigenvalue weighted by Crippen LogP contribution is -2.52. The van der Waals surface area contributed by atoms with Crippen LogP contribution in [0.15, 0.2) is 24.3 Å². The molecular formula is C18H24F2N2O4. The van der Waals surface area contributed by atoms with Crippen molar-refractivity contribution in [2.24, 2.45) is 5.92 Å². The van der Waals surface area contributed by atoms with E-state index in [1.54, 1.807) is 31.2 Å². The van der Waals surface area contributed by atoms with Gasteiger partial charge in [0.25, 0.3) is 5.91 Å². The Labute approximate surface area is 151 Å². The molecule has 0 saturated carbocycles. The summed E-state index contributed by atoms with van der Waals surface area (Å²) < 4.78 is 25.0. The summed E-state index contributed by atoms with van der Waals surface area (Å²) in [5, 5.41) is 13.7. The fourth-order valence-corrected chi connectivity index (χ4v) is 2.44. The molecule has 0 radical (unpaired) electrons. The number of amides is 2. The number of halogens is 2. The second-order valence-corrected chi connectivity index (χ2v) is 6.50. The van der Waals surface area contributed by atoms with Crippen molar-refractivity contribution in [1.82, 2.24) is 10.6 Å². The lowest BCUT2D eigenvalue weighted by molar-refractivity contribution is -0.143. The van der Waals surface area contributed by atoms with E-state index in [1.165, 1.54) is 0 Å². The monoisotopic (exact) mass is 370 g/mol. The lowest BCUT2D eigenvalue weighted by atomic mass is 10.0. The molecule has 3 N–H and O–H groups in total. The molecule has 0 aliphatic rings. The second-order valence-electron chi connectivity index (χ2n) is 6.50. The van der Waals surface area contributed by atoms with Gasteiger partial charge in [-0.25, -0.2) is 13.6 Å². The van der Waals surface area contributed by atoms with Crippen LogP contribution in [0.2, 0.25) is 0 Å². The van der Waals surface area contributed by atoms with Gasteiger partial charge in [-0.1, -0.05) is 32.0 Å². The molecule has 0 aliphatic carbocycles. The lowest BCUT2D eigenvalue weighted by Gasteiger charge is -2.23. The molecular weight excluding hydrogens is 346 g/mol. The maximum Gasteiger partial charge on any atom is 0.326 e. The largest absolute Gasteiger partial charge is 0.480 e. The minimum atomic E-state index is -2.87. The van der Waals surface area contributed by atoms with Gasteiger partial charge < -0.3 is 15.7 Å². The number of hydrogen-bond donors (Lipinski definition) is 3. The Balaban J connectivity index is 2.91. The van der Waals surface area contributed by atoms with E-state index >= 15 is 0 Å². The van der Waals surface area contributed by atoms with Gasteiger partial charge in [0, 0.05) is 12.0 Å². The van der Waals surface area contributed by atoms with Crippen LogP contribution in [-0.2, 0) is 9.59 Å². The predicted molar refractivity (Wildman–Crippen MR) is 92.1 cm³/mol. The van der Waals surface area contributed by atoms with Crippen molar-refractivity contribution in [1.29, 1.82) is 0 Å². The Bertz CT molecular complexity index is 650. The second kappa shape index (κ2) is 9.84. The predicted octanol–water partition coefficient (Wildman–Crippen LogP) is 2.36. The Kier molecular flexibility index (Phi) is 8.15. The van der Waals surface area contributed by atoms with Crippen LogP contribution in [0.3, 0.4) is 0 Å². The van der Waals surface area contributed by atoms with Gasteiger partial charge in [-0.2, -0.15) is 0 Å². The Morgan fingerprint density at radius 3 is 2.15 bits per heavy atom. The van der Waals surface area contributed by atoms with Crippen LogP contribution in [0.5, 0.6) is 0 Å². The van der Waals surface area contributed by atoms with E-state index in [-0.39, 0.29) is 12.3 Å². The first-order valence-corrected chi connectivity index (χ1v) is 8.29. The molecule has 8 heteroatoms. The first kappa shape index (κ1) is 21.5. The highest BCUT2D eigenvalue weighted by atomic mass is 19.3. The number of benzene rings is 1. The molecule has 0 fully saturated rings. The SMILES string of the molecule is Cc1ccccc1C(=O)NC(CC(C)C)C(=O)NC(CC(F)F)C(=O)O. The third-order valence-electron chi connectivity index (χ3n) is 3.75. The van der Waals surface area contributed by atoms with E-state index in [0.717, 1.165) is 5.56 Å². The van der Waals surface area contributed by atoms with Gasteiger partial charge >= 0.3 is 5.97 Å². The minimum Gasteiger partial charge on any atom is -0.480 e. The van der Waals surface area contributed by atoms with Gasteiger partial charge in [-0.15, -0.1) is 0 Å². The van der Waals surface area contributed by atoms with Gasteiger partial charge in [0.2, 0.25) is 12.3 Å². The standard InChI is InChI=1S/C18H24F2N2O4/c1-10(2)8-13(17(24)22-14(18(25)26)9-15(19)20)21-16(23)12-7-5-4-6-11(12)3/h4-7,10,13-15H,8-9H2,1-3H3,(H,21,23)(H,22,24)(H,25,26). The highest BCUT2D eigenvalue weighted by Gasteiger charge is 2.29. The Morgan fingerprint density at radius 2 is 1.65 bits per heavy atom. The van der Waals surface area contributed by atoms with Crippen LogP contribution in [0, 0.1) is 12.8 Å². The van der Waals surface area contributed by atoms with E-state index in [0.29, 0.717) is 5.56 Å².